The van der Waals surface area contributed by atoms with Crippen molar-refractivity contribution in [3.05, 3.63) is 65.5 Å². The number of nitriles is 1. The van der Waals surface area contributed by atoms with Gasteiger partial charge in [-0.1, -0.05) is 6.07 Å². The quantitative estimate of drug-likeness (QED) is 0.662. The zero-order valence-electron chi connectivity index (χ0n) is 16.2. The number of aryl methyl sites for hydroxylation is 1. The van der Waals surface area contributed by atoms with Gasteiger partial charge in [0.15, 0.2) is 0 Å². The molecule has 3 rings (SSSR count). The van der Waals surface area contributed by atoms with Crippen molar-refractivity contribution in [2.45, 2.75) is 6.92 Å². The molecule has 0 aliphatic rings. The van der Waals surface area contributed by atoms with E-state index >= 15 is 0 Å². The van der Waals surface area contributed by atoms with Gasteiger partial charge in [-0.2, -0.15) is 5.26 Å². The van der Waals surface area contributed by atoms with E-state index in [0.717, 1.165) is 0 Å². The standard InChI is InChI=1S/C21H19N5O3/c1-13-9-18(20(27)24-15-6-4-5-14(10-15)12-22)26-21(23-13)25-17-8-7-16(28-2)11-19(17)29-3/h4-11H,1-3H3,(H,24,27)(H,23,25,26). The zero-order chi connectivity index (χ0) is 20.8. The van der Waals surface area contributed by atoms with Crippen LogP contribution in [0.15, 0.2) is 48.5 Å². The average molecular weight is 389 g/mol. The fraction of sp³-hybridized carbons (Fsp3) is 0.143. The minimum Gasteiger partial charge on any atom is -0.497 e. The molecule has 8 heteroatoms. The topological polar surface area (TPSA) is 109 Å². The predicted molar refractivity (Wildman–Crippen MR) is 109 cm³/mol. The number of methoxy groups -OCH3 is 2. The van der Waals surface area contributed by atoms with Crippen LogP contribution in [0.2, 0.25) is 0 Å². The first-order valence-corrected chi connectivity index (χ1v) is 8.68. The van der Waals surface area contributed by atoms with E-state index in [2.05, 4.69) is 20.6 Å². The average Bonchev–Trinajstić information content (AvgIpc) is 2.73. The second kappa shape index (κ2) is 8.71. The van der Waals surface area contributed by atoms with Gasteiger partial charge in [-0.25, -0.2) is 9.97 Å². The molecule has 146 valence electrons. The number of hydrogen-bond donors (Lipinski definition) is 2. The molecule has 0 aliphatic heterocycles. The number of benzene rings is 2. The number of nitrogens with zero attached hydrogens (tertiary/aromatic N) is 3. The van der Waals surface area contributed by atoms with Crippen molar-refractivity contribution in [3.8, 4) is 17.6 Å². The molecule has 3 aromatic rings. The Hall–Kier alpha value is -4.12. The Bertz CT molecular complexity index is 1090. The van der Waals surface area contributed by atoms with Crippen LogP contribution in [0.3, 0.4) is 0 Å². The van der Waals surface area contributed by atoms with Gasteiger partial charge in [0, 0.05) is 17.4 Å². The first kappa shape index (κ1) is 19.6. The zero-order valence-corrected chi connectivity index (χ0v) is 16.2. The molecule has 0 bridgehead atoms. The number of carbonyl (C=O) groups is 1. The first-order chi connectivity index (χ1) is 14.0. The highest BCUT2D eigenvalue weighted by Crippen LogP contribution is 2.30. The van der Waals surface area contributed by atoms with Gasteiger partial charge >= 0.3 is 0 Å². The molecule has 0 unspecified atom stereocenters. The van der Waals surface area contributed by atoms with E-state index in [4.69, 9.17) is 14.7 Å². The van der Waals surface area contributed by atoms with Crippen molar-refractivity contribution in [3.63, 3.8) is 0 Å². The Labute approximate surface area is 168 Å². The molecule has 0 aliphatic carbocycles. The van der Waals surface area contributed by atoms with E-state index in [1.807, 2.05) is 6.07 Å². The third kappa shape index (κ3) is 4.78. The molecule has 1 aromatic heterocycles. The van der Waals surface area contributed by atoms with Gasteiger partial charge in [0.1, 0.15) is 17.2 Å². The van der Waals surface area contributed by atoms with Crippen LogP contribution in [0.25, 0.3) is 0 Å². The molecule has 2 aromatic carbocycles. The highest BCUT2D eigenvalue weighted by molar-refractivity contribution is 6.03. The van der Waals surface area contributed by atoms with E-state index in [0.29, 0.717) is 34.1 Å². The van der Waals surface area contributed by atoms with Gasteiger partial charge in [-0.15, -0.1) is 0 Å². The van der Waals surface area contributed by atoms with Crippen molar-refractivity contribution >= 4 is 23.2 Å². The summed E-state index contributed by atoms with van der Waals surface area (Å²) in [5.41, 5.74) is 2.40. The van der Waals surface area contributed by atoms with Crippen molar-refractivity contribution in [1.82, 2.24) is 9.97 Å². The summed E-state index contributed by atoms with van der Waals surface area (Å²) in [5.74, 6) is 1.05. The van der Waals surface area contributed by atoms with Crippen molar-refractivity contribution in [1.29, 1.82) is 5.26 Å². The number of carbonyl (C=O) groups excluding carboxylic acids is 1. The maximum absolute atomic E-state index is 12.6. The van der Waals surface area contributed by atoms with Crippen LogP contribution >= 0.6 is 0 Å². The summed E-state index contributed by atoms with van der Waals surface area (Å²) in [4.78, 5) is 21.3. The normalized spacial score (nSPS) is 10.0. The van der Waals surface area contributed by atoms with E-state index in [9.17, 15) is 4.79 Å². The summed E-state index contributed by atoms with van der Waals surface area (Å²) in [5, 5.41) is 14.8. The molecule has 2 N–H and O–H groups in total. The van der Waals surface area contributed by atoms with Gasteiger partial charge in [0.2, 0.25) is 5.95 Å². The molecule has 1 amide bonds. The van der Waals surface area contributed by atoms with Crippen molar-refractivity contribution in [2.24, 2.45) is 0 Å². The Morgan fingerprint density at radius 2 is 1.90 bits per heavy atom. The largest absolute Gasteiger partial charge is 0.497 e. The summed E-state index contributed by atoms with van der Waals surface area (Å²) in [7, 11) is 3.12. The highest BCUT2D eigenvalue weighted by atomic mass is 16.5. The molecule has 0 spiro atoms. The van der Waals surface area contributed by atoms with Crippen molar-refractivity contribution < 1.29 is 14.3 Å². The Kier molecular flexibility index (Phi) is 5.90. The van der Waals surface area contributed by atoms with Crippen LogP contribution in [0.5, 0.6) is 11.5 Å². The number of rotatable bonds is 6. The third-order valence-electron chi connectivity index (χ3n) is 3.99. The molecular weight excluding hydrogens is 370 g/mol. The first-order valence-electron chi connectivity index (χ1n) is 8.68. The fourth-order valence-electron chi connectivity index (χ4n) is 2.62. The molecule has 0 atom stereocenters. The number of aromatic nitrogens is 2. The Morgan fingerprint density at radius 3 is 2.62 bits per heavy atom. The second-order valence-corrected chi connectivity index (χ2v) is 6.06. The molecule has 29 heavy (non-hydrogen) atoms. The number of ether oxygens (including phenoxy) is 2. The summed E-state index contributed by atoms with van der Waals surface area (Å²) >= 11 is 0. The van der Waals surface area contributed by atoms with Crippen LogP contribution < -0.4 is 20.1 Å². The van der Waals surface area contributed by atoms with E-state index < -0.39 is 5.91 Å². The summed E-state index contributed by atoms with van der Waals surface area (Å²) in [6.45, 7) is 1.77. The maximum atomic E-state index is 12.6. The minimum atomic E-state index is -0.407. The third-order valence-corrected chi connectivity index (χ3v) is 3.99. The molecule has 8 nitrogen and oxygen atoms in total. The van der Waals surface area contributed by atoms with E-state index in [1.165, 1.54) is 0 Å². The smallest absolute Gasteiger partial charge is 0.274 e. The Morgan fingerprint density at radius 1 is 1.07 bits per heavy atom. The van der Waals surface area contributed by atoms with E-state index in [1.54, 1.807) is 69.7 Å². The lowest BCUT2D eigenvalue weighted by Crippen LogP contribution is -2.15. The lowest BCUT2D eigenvalue weighted by Gasteiger charge is -2.12. The molecular formula is C21H19N5O3. The van der Waals surface area contributed by atoms with Gasteiger partial charge in [-0.3, -0.25) is 4.79 Å². The second-order valence-electron chi connectivity index (χ2n) is 6.06. The van der Waals surface area contributed by atoms with E-state index in [-0.39, 0.29) is 11.6 Å². The van der Waals surface area contributed by atoms with Crippen molar-refractivity contribution in [2.75, 3.05) is 24.9 Å². The van der Waals surface area contributed by atoms with Crippen LogP contribution in [0.4, 0.5) is 17.3 Å². The SMILES string of the molecule is COc1ccc(Nc2nc(C)cc(C(=O)Nc3cccc(C#N)c3)n2)c(OC)c1. The number of nitrogens with one attached hydrogen (secondary N) is 2. The molecule has 0 radical (unpaired) electrons. The molecule has 1 heterocycles. The number of anilines is 3. The lowest BCUT2D eigenvalue weighted by molar-refractivity contribution is 0.102. The number of amides is 1. The highest BCUT2D eigenvalue weighted by Gasteiger charge is 2.13. The van der Waals surface area contributed by atoms with Gasteiger partial charge in [0.05, 0.1) is 31.5 Å². The van der Waals surface area contributed by atoms with Gasteiger partial charge in [-0.05, 0) is 43.3 Å². The fourth-order valence-corrected chi connectivity index (χ4v) is 2.62. The Balaban J connectivity index is 1.84. The van der Waals surface area contributed by atoms with Gasteiger partial charge in [0.25, 0.3) is 5.91 Å². The van der Waals surface area contributed by atoms with Crippen LogP contribution in [-0.2, 0) is 0 Å². The monoisotopic (exact) mass is 389 g/mol. The summed E-state index contributed by atoms with van der Waals surface area (Å²) in [6, 6.07) is 15.6. The molecule has 0 saturated carbocycles. The predicted octanol–water partition coefficient (Wildman–Crippen LogP) is 3.67. The van der Waals surface area contributed by atoms with Crippen LogP contribution in [-0.4, -0.2) is 30.1 Å². The number of hydrogen-bond acceptors (Lipinski definition) is 7. The van der Waals surface area contributed by atoms with Crippen LogP contribution in [0.1, 0.15) is 21.7 Å². The minimum absolute atomic E-state index is 0.190. The van der Waals surface area contributed by atoms with Crippen LogP contribution in [0, 0.1) is 18.3 Å². The van der Waals surface area contributed by atoms with Gasteiger partial charge < -0.3 is 20.1 Å². The lowest BCUT2D eigenvalue weighted by atomic mass is 10.2. The maximum Gasteiger partial charge on any atom is 0.274 e. The molecule has 0 fully saturated rings. The summed E-state index contributed by atoms with van der Waals surface area (Å²) in [6.07, 6.45) is 0. The summed E-state index contributed by atoms with van der Waals surface area (Å²) < 4.78 is 10.6. The molecule has 0 saturated heterocycles.